The van der Waals surface area contributed by atoms with Gasteiger partial charge in [0, 0.05) is 11.4 Å². The Kier molecular flexibility index (Phi) is 3.35. The van der Waals surface area contributed by atoms with Gasteiger partial charge in [-0.05, 0) is 42.5 Å². The summed E-state index contributed by atoms with van der Waals surface area (Å²) in [5.74, 6) is 0. The number of nitrogens with zero attached hydrogens (tertiary/aromatic N) is 2. The van der Waals surface area contributed by atoms with Gasteiger partial charge in [-0.15, -0.1) is 0 Å². The van der Waals surface area contributed by atoms with Gasteiger partial charge in [0.1, 0.15) is 11.0 Å². The summed E-state index contributed by atoms with van der Waals surface area (Å²) in [7, 11) is 0. The molecule has 0 saturated carbocycles. The van der Waals surface area contributed by atoms with Crippen LogP contribution in [0.5, 0.6) is 0 Å². The molecule has 4 nitrogen and oxygen atoms in total. The fourth-order valence-electron chi connectivity index (χ4n) is 1.67. The van der Waals surface area contributed by atoms with Crippen LogP contribution in [0.15, 0.2) is 48.5 Å². The molecule has 6 heteroatoms. The van der Waals surface area contributed by atoms with Crippen LogP contribution in [0.25, 0.3) is 11.0 Å². The first-order chi connectivity index (χ1) is 9.31. The normalized spacial score (nSPS) is 10.3. The summed E-state index contributed by atoms with van der Waals surface area (Å²) in [5.41, 5.74) is 3.63. The van der Waals surface area contributed by atoms with Crippen LogP contribution >= 0.6 is 23.9 Å². The second kappa shape index (κ2) is 5.29. The highest BCUT2D eigenvalue weighted by Crippen LogP contribution is 2.17. The highest BCUT2D eigenvalue weighted by molar-refractivity contribution is 7.80. The van der Waals surface area contributed by atoms with Gasteiger partial charge in [-0.3, -0.25) is 0 Å². The highest BCUT2D eigenvalue weighted by atomic mass is 32.1. The number of hydrogen-bond acceptors (Lipinski definition) is 4. The first-order valence-corrected chi connectivity index (χ1v) is 6.80. The number of nitrogens with one attached hydrogen (secondary N) is 2. The van der Waals surface area contributed by atoms with Crippen LogP contribution in [-0.4, -0.2) is 13.9 Å². The topological polar surface area (TPSA) is 49.8 Å². The summed E-state index contributed by atoms with van der Waals surface area (Å²) in [6.07, 6.45) is 0. The molecule has 0 unspecified atom stereocenters. The second-order valence-corrected chi connectivity index (χ2v) is 4.85. The van der Waals surface area contributed by atoms with Crippen molar-refractivity contribution in [3.63, 3.8) is 0 Å². The minimum atomic E-state index is 0.550. The van der Waals surface area contributed by atoms with Crippen molar-refractivity contribution in [3.05, 3.63) is 48.5 Å². The molecule has 0 aliphatic carbocycles. The molecule has 0 spiro atoms. The standard InChI is InChI=1S/C13H10N4S2/c18-13(14-9-4-2-1-3-5-9)15-10-6-7-11-12(8-10)17-19-16-11/h1-8H,(H2,14,15,18). The molecule has 19 heavy (non-hydrogen) atoms. The molecular formula is C13H10N4S2. The molecule has 0 radical (unpaired) electrons. The SMILES string of the molecule is S=C(Nc1ccccc1)Nc1ccc2nsnc2c1. The van der Waals surface area contributed by atoms with Crippen LogP contribution in [0, 0.1) is 0 Å². The number of benzene rings is 2. The molecule has 0 aliphatic heterocycles. The quantitative estimate of drug-likeness (QED) is 0.706. The fraction of sp³-hybridized carbons (Fsp3) is 0. The first kappa shape index (κ1) is 12.0. The van der Waals surface area contributed by atoms with E-state index in [1.807, 2.05) is 48.5 Å². The lowest BCUT2D eigenvalue weighted by Crippen LogP contribution is -2.18. The number of para-hydroxylation sites is 1. The van der Waals surface area contributed by atoms with Gasteiger partial charge in [0.2, 0.25) is 0 Å². The van der Waals surface area contributed by atoms with Gasteiger partial charge in [-0.25, -0.2) is 0 Å². The Labute approximate surface area is 119 Å². The largest absolute Gasteiger partial charge is 0.332 e. The molecule has 0 saturated heterocycles. The van der Waals surface area contributed by atoms with Crippen molar-refractivity contribution in [3.8, 4) is 0 Å². The molecule has 0 fully saturated rings. The molecule has 1 heterocycles. The van der Waals surface area contributed by atoms with Crippen LogP contribution in [0.2, 0.25) is 0 Å². The zero-order valence-corrected chi connectivity index (χ0v) is 11.5. The molecule has 0 bridgehead atoms. The van der Waals surface area contributed by atoms with Crippen LogP contribution in [0.4, 0.5) is 11.4 Å². The Morgan fingerprint density at radius 2 is 1.63 bits per heavy atom. The van der Waals surface area contributed by atoms with Crippen molar-refractivity contribution in [1.82, 2.24) is 8.75 Å². The Bertz CT molecular complexity index is 709. The van der Waals surface area contributed by atoms with E-state index in [0.29, 0.717) is 5.11 Å². The molecule has 94 valence electrons. The molecule has 0 aliphatic rings. The Hall–Kier alpha value is -2.05. The molecule has 0 atom stereocenters. The Morgan fingerprint density at radius 1 is 0.895 bits per heavy atom. The molecule has 1 aromatic heterocycles. The summed E-state index contributed by atoms with van der Waals surface area (Å²) in [5, 5.41) is 6.80. The van der Waals surface area contributed by atoms with E-state index in [0.717, 1.165) is 22.4 Å². The van der Waals surface area contributed by atoms with Gasteiger partial charge in [0.25, 0.3) is 0 Å². The van der Waals surface area contributed by atoms with Crippen molar-refractivity contribution in [2.75, 3.05) is 10.6 Å². The van der Waals surface area contributed by atoms with Crippen LogP contribution < -0.4 is 10.6 Å². The number of fused-ring (bicyclic) bond motifs is 1. The molecule has 2 aromatic carbocycles. The van der Waals surface area contributed by atoms with Crippen LogP contribution in [-0.2, 0) is 0 Å². The van der Waals surface area contributed by atoms with E-state index in [4.69, 9.17) is 12.2 Å². The van der Waals surface area contributed by atoms with Gasteiger partial charge >= 0.3 is 0 Å². The van der Waals surface area contributed by atoms with Gasteiger partial charge < -0.3 is 10.6 Å². The maximum absolute atomic E-state index is 5.26. The van der Waals surface area contributed by atoms with Crippen molar-refractivity contribution < 1.29 is 0 Å². The third kappa shape index (κ3) is 2.86. The molecular weight excluding hydrogens is 276 g/mol. The van der Waals surface area contributed by atoms with Crippen LogP contribution in [0.1, 0.15) is 0 Å². The van der Waals surface area contributed by atoms with E-state index in [1.165, 1.54) is 11.7 Å². The summed E-state index contributed by atoms with van der Waals surface area (Å²) in [4.78, 5) is 0. The predicted octanol–water partition coefficient (Wildman–Crippen LogP) is 3.50. The number of aromatic nitrogens is 2. The second-order valence-electron chi connectivity index (χ2n) is 3.91. The van der Waals surface area contributed by atoms with E-state index in [2.05, 4.69) is 19.4 Å². The third-order valence-electron chi connectivity index (χ3n) is 2.54. The smallest absolute Gasteiger partial charge is 0.175 e. The van der Waals surface area contributed by atoms with Crippen molar-refractivity contribution >= 4 is 51.5 Å². The fourth-order valence-corrected chi connectivity index (χ4v) is 2.43. The van der Waals surface area contributed by atoms with E-state index in [-0.39, 0.29) is 0 Å². The highest BCUT2D eigenvalue weighted by Gasteiger charge is 2.02. The van der Waals surface area contributed by atoms with E-state index in [1.54, 1.807) is 0 Å². The zero-order chi connectivity index (χ0) is 13.1. The zero-order valence-electron chi connectivity index (χ0n) is 9.83. The van der Waals surface area contributed by atoms with E-state index in [9.17, 15) is 0 Å². The maximum Gasteiger partial charge on any atom is 0.175 e. The Morgan fingerprint density at radius 3 is 2.47 bits per heavy atom. The Balaban J connectivity index is 1.72. The van der Waals surface area contributed by atoms with Gasteiger partial charge in [-0.1, -0.05) is 18.2 Å². The lowest BCUT2D eigenvalue weighted by molar-refractivity contribution is 1.59. The maximum atomic E-state index is 5.26. The van der Waals surface area contributed by atoms with Crippen molar-refractivity contribution in [2.24, 2.45) is 0 Å². The monoisotopic (exact) mass is 286 g/mol. The van der Waals surface area contributed by atoms with E-state index >= 15 is 0 Å². The predicted molar refractivity (Wildman–Crippen MR) is 83.7 cm³/mol. The van der Waals surface area contributed by atoms with Crippen molar-refractivity contribution in [1.29, 1.82) is 0 Å². The average Bonchev–Trinajstić information content (AvgIpc) is 2.87. The van der Waals surface area contributed by atoms with Gasteiger partial charge in [-0.2, -0.15) is 8.75 Å². The molecule has 3 rings (SSSR count). The van der Waals surface area contributed by atoms with Gasteiger partial charge in [0.15, 0.2) is 5.11 Å². The minimum Gasteiger partial charge on any atom is -0.332 e. The third-order valence-corrected chi connectivity index (χ3v) is 3.30. The van der Waals surface area contributed by atoms with Crippen LogP contribution in [0.3, 0.4) is 0 Å². The van der Waals surface area contributed by atoms with Crippen molar-refractivity contribution in [2.45, 2.75) is 0 Å². The first-order valence-electron chi connectivity index (χ1n) is 5.67. The lowest BCUT2D eigenvalue weighted by atomic mass is 10.3. The van der Waals surface area contributed by atoms with E-state index < -0.39 is 0 Å². The summed E-state index contributed by atoms with van der Waals surface area (Å²) < 4.78 is 8.36. The van der Waals surface area contributed by atoms with Gasteiger partial charge in [0.05, 0.1) is 11.7 Å². The lowest BCUT2D eigenvalue weighted by Gasteiger charge is -2.10. The summed E-state index contributed by atoms with van der Waals surface area (Å²) >= 11 is 6.47. The number of rotatable bonds is 2. The minimum absolute atomic E-state index is 0.550. The molecule has 3 aromatic rings. The summed E-state index contributed by atoms with van der Waals surface area (Å²) in [6, 6.07) is 15.6. The number of hydrogen-bond donors (Lipinski definition) is 2. The average molecular weight is 286 g/mol. The summed E-state index contributed by atoms with van der Waals surface area (Å²) in [6.45, 7) is 0. The molecule has 0 amide bonds. The number of anilines is 2. The number of thiocarbonyl (C=S) groups is 1. The molecule has 2 N–H and O–H groups in total.